The summed E-state index contributed by atoms with van der Waals surface area (Å²) in [7, 11) is 1.88. The molecule has 0 bridgehead atoms. The molecule has 4 heteroatoms. The van der Waals surface area contributed by atoms with E-state index in [1.54, 1.807) is 4.68 Å². The monoisotopic (exact) mass is 258 g/mol. The second-order valence-electron chi connectivity index (χ2n) is 3.37. The van der Waals surface area contributed by atoms with Crippen LogP contribution in [0.25, 0.3) is 0 Å². The number of aryl methyl sites for hydroxylation is 1. The van der Waals surface area contributed by atoms with E-state index in [9.17, 15) is 4.79 Å². The zero-order valence-electron chi connectivity index (χ0n) is 8.53. The van der Waals surface area contributed by atoms with Gasteiger partial charge in [-0.1, -0.05) is 22.9 Å². The van der Waals surface area contributed by atoms with Crippen LogP contribution in [0.15, 0.2) is 12.3 Å². The van der Waals surface area contributed by atoms with Gasteiger partial charge in [-0.25, -0.2) is 0 Å². The van der Waals surface area contributed by atoms with Crippen molar-refractivity contribution in [3.63, 3.8) is 0 Å². The highest BCUT2D eigenvalue weighted by molar-refractivity contribution is 9.10. The van der Waals surface area contributed by atoms with Crippen molar-refractivity contribution in [3.8, 4) is 0 Å². The molecule has 1 rings (SSSR count). The van der Waals surface area contributed by atoms with Crippen LogP contribution in [-0.2, 0) is 18.3 Å². The van der Waals surface area contributed by atoms with Crippen molar-refractivity contribution in [2.24, 2.45) is 7.05 Å². The minimum Gasteiger partial charge on any atom is -0.298 e. The fourth-order valence-corrected chi connectivity index (χ4v) is 1.83. The molecule has 14 heavy (non-hydrogen) atoms. The highest BCUT2D eigenvalue weighted by atomic mass is 79.9. The first-order valence-corrected chi connectivity index (χ1v) is 5.70. The van der Waals surface area contributed by atoms with Gasteiger partial charge in [0.2, 0.25) is 0 Å². The molecule has 0 N–H and O–H groups in total. The number of ketones is 1. The molecule has 1 aromatic rings. The van der Waals surface area contributed by atoms with Crippen LogP contribution in [-0.4, -0.2) is 20.4 Å². The number of carbonyl (C=O) groups is 1. The number of hydrogen-bond donors (Lipinski definition) is 0. The smallest absolute Gasteiger partial charge is 0.146 e. The first kappa shape index (κ1) is 11.4. The van der Waals surface area contributed by atoms with Crippen molar-refractivity contribution in [2.75, 3.05) is 0 Å². The lowest BCUT2D eigenvalue weighted by Gasteiger charge is -2.05. The quantitative estimate of drug-likeness (QED) is 0.759. The van der Waals surface area contributed by atoms with Crippen LogP contribution in [0.1, 0.15) is 25.5 Å². The van der Waals surface area contributed by atoms with Crippen molar-refractivity contribution < 1.29 is 4.79 Å². The van der Waals surface area contributed by atoms with Gasteiger partial charge >= 0.3 is 0 Å². The summed E-state index contributed by atoms with van der Waals surface area (Å²) < 4.78 is 1.75. The molecule has 0 saturated carbocycles. The molecular weight excluding hydrogens is 244 g/mol. The third-order valence-electron chi connectivity index (χ3n) is 2.00. The predicted molar refractivity (Wildman–Crippen MR) is 59.5 cm³/mol. The first-order valence-electron chi connectivity index (χ1n) is 4.78. The molecule has 0 fully saturated rings. The maximum Gasteiger partial charge on any atom is 0.146 e. The summed E-state index contributed by atoms with van der Waals surface area (Å²) in [5.41, 5.74) is 0.957. The molecule has 0 saturated heterocycles. The lowest BCUT2D eigenvalue weighted by molar-refractivity contribution is -0.118. The van der Waals surface area contributed by atoms with E-state index in [0.29, 0.717) is 12.8 Å². The van der Waals surface area contributed by atoms with Crippen LogP contribution < -0.4 is 0 Å². The van der Waals surface area contributed by atoms with E-state index >= 15 is 0 Å². The Morgan fingerprint density at radius 1 is 1.71 bits per heavy atom. The van der Waals surface area contributed by atoms with Gasteiger partial charge in [0.05, 0.1) is 10.5 Å². The Labute approximate surface area is 92.6 Å². The fourth-order valence-electron chi connectivity index (χ4n) is 1.27. The molecule has 78 valence electrons. The Morgan fingerprint density at radius 3 is 2.93 bits per heavy atom. The van der Waals surface area contributed by atoms with E-state index in [2.05, 4.69) is 21.0 Å². The second-order valence-corrected chi connectivity index (χ2v) is 4.47. The maximum atomic E-state index is 11.5. The van der Waals surface area contributed by atoms with Gasteiger partial charge in [-0.2, -0.15) is 5.10 Å². The minimum atomic E-state index is -0.0858. The molecule has 0 aliphatic rings. The van der Waals surface area contributed by atoms with Crippen LogP contribution in [0.5, 0.6) is 0 Å². The SMILES string of the molecule is CCCC(=O)C(Br)Cc1ccn(C)n1. The van der Waals surface area contributed by atoms with Crippen molar-refractivity contribution >= 4 is 21.7 Å². The van der Waals surface area contributed by atoms with Crippen molar-refractivity contribution in [1.29, 1.82) is 0 Å². The Hall–Kier alpha value is -0.640. The van der Waals surface area contributed by atoms with Gasteiger partial charge in [0, 0.05) is 26.1 Å². The van der Waals surface area contributed by atoms with Gasteiger partial charge in [-0.05, 0) is 12.5 Å². The molecule has 0 spiro atoms. The predicted octanol–water partition coefficient (Wildman–Crippen LogP) is 2.10. The molecule has 3 nitrogen and oxygen atoms in total. The summed E-state index contributed by atoms with van der Waals surface area (Å²) in [6.07, 6.45) is 4.12. The summed E-state index contributed by atoms with van der Waals surface area (Å²) in [6, 6.07) is 1.94. The minimum absolute atomic E-state index is 0.0858. The average Bonchev–Trinajstić information content (AvgIpc) is 2.51. The second kappa shape index (κ2) is 5.29. The maximum absolute atomic E-state index is 11.5. The molecule has 1 aromatic heterocycles. The van der Waals surface area contributed by atoms with E-state index in [1.807, 2.05) is 26.2 Å². The van der Waals surface area contributed by atoms with Crippen LogP contribution in [0.3, 0.4) is 0 Å². The third-order valence-corrected chi connectivity index (χ3v) is 2.84. The van der Waals surface area contributed by atoms with Crippen molar-refractivity contribution in [2.45, 2.75) is 31.0 Å². The number of nitrogens with zero attached hydrogens (tertiary/aromatic N) is 2. The molecule has 1 heterocycles. The van der Waals surface area contributed by atoms with Gasteiger partial charge in [-0.3, -0.25) is 9.48 Å². The van der Waals surface area contributed by atoms with E-state index in [-0.39, 0.29) is 10.6 Å². The third kappa shape index (κ3) is 3.25. The zero-order valence-corrected chi connectivity index (χ0v) is 10.1. The Balaban J connectivity index is 2.48. The Kier molecular flexibility index (Phi) is 4.32. The van der Waals surface area contributed by atoms with Gasteiger partial charge in [0.1, 0.15) is 5.78 Å². The van der Waals surface area contributed by atoms with E-state index < -0.39 is 0 Å². The zero-order chi connectivity index (χ0) is 10.6. The fraction of sp³-hybridized carbons (Fsp3) is 0.600. The van der Waals surface area contributed by atoms with Crippen molar-refractivity contribution in [3.05, 3.63) is 18.0 Å². The Bertz CT molecular complexity index is 309. The summed E-state index contributed by atoms with van der Waals surface area (Å²) in [5.74, 6) is 0.262. The molecule has 0 aromatic carbocycles. The number of aromatic nitrogens is 2. The summed E-state index contributed by atoms with van der Waals surface area (Å²) in [4.78, 5) is 11.4. The van der Waals surface area contributed by atoms with Gasteiger partial charge in [-0.15, -0.1) is 0 Å². The summed E-state index contributed by atoms with van der Waals surface area (Å²) in [5, 5.41) is 4.23. The van der Waals surface area contributed by atoms with Crippen LogP contribution in [0, 0.1) is 0 Å². The molecule has 1 atom stereocenters. The molecule has 1 unspecified atom stereocenters. The first-order chi connectivity index (χ1) is 6.63. The van der Waals surface area contributed by atoms with E-state index in [0.717, 1.165) is 12.1 Å². The lowest BCUT2D eigenvalue weighted by atomic mass is 10.1. The van der Waals surface area contributed by atoms with Crippen molar-refractivity contribution in [1.82, 2.24) is 9.78 Å². The van der Waals surface area contributed by atoms with Crippen LogP contribution in [0.4, 0.5) is 0 Å². The van der Waals surface area contributed by atoms with Gasteiger partial charge < -0.3 is 0 Å². The molecular formula is C10H15BrN2O. The number of Topliss-reactive ketones (excluding diaryl/α,β-unsaturated/α-hetero) is 1. The molecule has 0 radical (unpaired) electrons. The lowest BCUT2D eigenvalue weighted by Crippen LogP contribution is -2.16. The van der Waals surface area contributed by atoms with Gasteiger partial charge in [0.25, 0.3) is 0 Å². The molecule has 0 aliphatic carbocycles. The molecule has 0 aliphatic heterocycles. The van der Waals surface area contributed by atoms with E-state index in [4.69, 9.17) is 0 Å². The van der Waals surface area contributed by atoms with Crippen LogP contribution >= 0.6 is 15.9 Å². The number of carbonyl (C=O) groups excluding carboxylic acids is 1. The topological polar surface area (TPSA) is 34.9 Å². The number of halogens is 1. The summed E-state index contributed by atoms with van der Waals surface area (Å²) >= 11 is 3.39. The average molecular weight is 259 g/mol. The van der Waals surface area contributed by atoms with Crippen LogP contribution in [0.2, 0.25) is 0 Å². The summed E-state index contributed by atoms with van der Waals surface area (Å²) in [6.45, 7) is 2.01. The van der Waals surface area contributed by atoms with Gasteiger partial charge in [0.15, 0.2) is 0 Å². The largest absolute Gasteiger partial charge is 0.298 e. The highest BCUT2D eigenvalue weighted by Gasteiger charge is 2.15. The van der Waals surface area contributed by atoms with E-state index in [1.165, 1.54) is 0 Å². The molecule has 0 amide bonds. The number of hydrogen-bond acceptors (Lipinski definition) is 2. The standard InChI is InChI=1S/C10H15BrN2O/c1-3-4-10(14)9(11)7-8-5-6-13(2)12-8/h5-6,9H,3-4,7H2,1-2H3. The Morgan fingerprint density at radius 2 is 2.43 bits per heavy atom. The number of alkyl halides is 1. The highest BCUT2D eigenvalue weighted by Crippen LogP contribution is 2.11. The number of rotatable bonds is 5. The normalized spacial score (nSPS) is 12.8.